The molecule has 0 saturated carbocycles. The maximum atomic E-state index is 15.7. The van der Waals surface area contributed by atoms with E-state index in [1.165, 1.54) is 29.2 Å². The minimum absolute atomic E-state index is 0.0110. The van der Waals surface area contributed by atoms with Gasteiger partial charge in [0.05, 0.1) is 27.9 Å². The highest BCUT2D eigenvalue weighted by molar-refractivity contribution is 7.92. The van der Waals surface area contributed by atoms with Crippen molar-refractivity contribution in [2.45, 2.75) is 18.2 Å². The molecule has 3 aromatic heterocycles. The standard InChI is InChI=1S/C28H20Cl2F2N8O3S/c1-2-13-43-20-7-4-6-19-27(20)37-39-40(19)22-12-11-18-26(35-22)28(34-14-33-18)36-25-16(31)9-10-17(24(25)32)38-44(41,42)21-8-3-5-15(29)23(21)30/h3-12,14,38H,2,13H2,1H3,(H,33,34,36). The summed E-state index contributed by atoms with van der Waals surface area (Å²) in [7, 11) is -4.40. The summed E-state index contributed by atoms with van der Waals surface area (Å²) in [5.41, 5.74) is 0.436. The Morgan fingerprint density at radius 3 is 2.61 bits per heavy atom. The molecule has 44 heavy (non-hydrogen) atoms. The van der Waals surface area contributed by atoms with Gasteiger partial charge in [-0.05, 0) is 55.0 Å². The maximum absolute atomic E-state index is 15.7. The summed E-state index contributed by atoms with van der Waals surface area (Å²) in [5.74, 6) is -1.41. The fourth-order valence-corrected chi connectivity index (χ4v) is 6.13. The SMILES string of the molecule is CCCOc1cccc2c1nnn2-c1ccc2ncnc(Nc3c(F)ccc(NS(=O)(=O)c4cccc(Cl)c4Cl)c3F)c2n1. The second kappa shape index (κ2) is 11.8. The van der Waals surface area contributed by atoms with E-state index in [0.29, 0.717) is 34.7 Å². The van der Waals surface area contributed by atoms with Gasteiger partial charge in [-0.2, -0.15) is 4.68 Å². The lowest BCUT2D eigenvalue weighted by atomic mass is 10.2. The van der Waals surface area contributed by atoms with Crippen molar-refractivity contribution in [1.29, 1.82) is 0 Å². The van der Waals surface area contributed by atoms with Crippen molar-refractivity contribution in [3.8, 4) is 11.6 Å². The van der Waals surface area contributed by atoms with Crippen molar-refractivity contribution < 1.29 is 21.9 Å². The molecule has 0 aliphatic rings. The van der Waals surface area contributed by atoms with Crippen LogP contribution in [-0.4, -0.2) is 45.0 Å². The number of nitrogens with one attached hydrogen (secondary N) is 2. The monoisotopic (exact) mass is 656 g/mol. The number of benzene rings is 3. The van der Waals surface area contributed by atoms with Gasteiger partial charge in [0.25, 0.3) is 10.0 Å². The van der Waals surface area contributed by atoms with Gasteiger partial charge in [-0.25, -0.2) is 32.2 Å². The Kier molecular flexibility index (Phi) is 7.88. The molecule has 2 N–H and O–H groups in total. The number of anilines is 3. The van der Waals surface area contributed by atoms with Crippen LogP contribution in [0.1, 0.15) is 13.3 Å². The number of fused-ring (bicyclic) bond motifs is 2. The summed E-state index contributed by atoms with van der Waals surface area (Å²) in [5, 5.41) is 10.8. The predicted octanol–water partition coefficient (Wildman–Crippen LogP) is 6.68. The lowest BCUT2D eigenvalue weighted by Gasteiger charge is -2.15. The third-order valence-electron chi connectivity index (χ3n) is 6.37. The minimum atomic E-state index is -4.40. The lowest BCUT2D eigenvalue weighted by molar-refractivity contribution is 0.320. The number of rotatable bonds is 9. The van der Waals surface area contributed by atoms with Gasteiger partial charge < -0.3 is 10.1 Å². The second-order valence-electron chi connectivity index (χ2n) is 9.30. The number of halogens is 4. The first-order valence-corrected chi connectivity index (χ1v) is 15.2. The first-order chi connectivity index (χ1) is 21.2. The summed E-state index contributed by atoms with van der Waals surface area (Å²) in [6, 6.07) is 14.5. The number of nitrogens with zero attached hydrogens (tertiary/aromatic N) is 6. The first-order valence-electron chi connectivity index (χ1n) is 13.0. The summed E-state index contributed by atoms with van der Waals surface area (Å²) in [4.78, 5) is 12.6. The Bertz CT molecular complexity index is 2170. The number of pyridine rings is 1. The van der Waals surface area contributed by atoms with Gasteiger partial charge in [-0.3, -0.25) is 4.72 Å². The van der Waals surface area contributed by atoms with Gasteiger partial charge in [-0.15, -0.1) is 5.10 Å². The quantitative estimate of drug-likeness (QED) is 0.175. The molecule has 11 nitrogen and oxygen atoms in total. The van der Waals surface area contributed by atoms with E-state index < -0.39 is 33.0 Å². The van der Waals surface area contributed by atoms with Crippen molar-refractivity contribution in [3.63, 3.8) is 0 Å². The zero-order valence-corrected chi connectivity index (χ0v) is 24.9. The number of hydrogen-bond donors (Lipinski definition) is 2. The minimum Gasteiger partial charge on any atom is -0.491 e. The third-order valence-corrected chi connectivity index (χ3v) is 8.71. The molecular weight excluding hydrogens is 637 g/mol. The molecule has 0 aliphatic heterocycles. The van der Waals surface area contributed by atoms with Crippen LogP contribution in [0.2, 0.25) is 10.0 Å². The van der Waals surface area contributed by atoms with Crippen LogP contribution in [0.4, 0.5) is 26.0 Å². The molecule has 0 amide bonds. The summed E-state index contributed by atoms with van der Waals surface area (Å²) in [6.45, 7) is 2.50. The fourth-order valence-electron chi connectivity index (χ4n) is 4.31. The summed E-state index contributed by atoms with van der Waals surface area (Å²) < 4.78 is 66.0. The highest BCUT2D eigenvalue weighted by Crippen LogP contribution is 2.34. The molecule has 0 fully saturated rings. The van der Waals surface area contributed by atoms with E-state index in [4.69, 9.17) is 27.9 Å². The highest BCUT2D eigenvalue weighted by Gasteiger charge is 2.24. The molecule has 0 atom stereocenters. The number of ether oxygens (including phenoxy) is 1. The molecule has 16 heteroatoms. The van der Waals surface area contributed by atoms with Crippen LogP contribution in [0, 0.1) is 11.6 Å². The van der Waals surface area contributed by atoms with E-state index in [-0.39, 0.29) is 26.3 Å². The van der Waals surface area contributed by atoms with Crippen LogP contribution in [0.15, 0.2) is 71.9 Å². The molecule has 3 heterocycles. The van der Waals surface area contributed by atoms with Gasteiger partial charge in [0.1, 0.15) is 39.5 Å². The first kappa shape index (κ1) is 29.4. The molecule has 3 aromatic carbocycles. The van der Waals surface area contributed by atoms with E-state index >= 15 is 4.39 Å². The van der Waals surface area contributed by atoms with E-state index in [0.717, 1.165) is 18.6 Å². The summed E-state index contributed by atoms with van der Waals surface area (Å²) >= 11 is 12.0. The number of aromatic nitrogens is 6. The van der Waals surface area contributed by atoms with Crippen molar-refractivity contribution in [2.75, 3.05) is 16.6 Å². The smallest absolute Gasteiger partial charge is 0.263 e. The summed E-state index contributed by atoms with van der Waals surface area (Å²) in [6.07, 6.45) is 2.01. The molecule has 0 unspecified atom stereocenters. The van der Waals surface area contributed by atoms with Gasteiger partial charge >= 0.3 is 0 Å². The molecule has 6 rings (SSSR count). The fraction of sp³-hybridized carbons (Fsp3) is 0.107. The number of sulfonamides is 1. The molecule has 0 bridgehead atoms. The zero-order chi connectivity index (χ0) is 31.0. The molecular formula is C28H20Cl2F2N8O3S. The molecule has 0 spiro atoms. The zero-order valence-electron chi connectivity index (χ0n) is 22.6. The maximum Gasteiger partial charge on any atom is 0.263 e. The Labute approximate surface area is 258 Å². The molecule has 0 saturated heterocycles. The Balaban J connectivity index is 1.37. The second-order valence-corrected chi connectivity index (χ2v) is 11.7. The average molecular weight is 657 g/mol. The number of hydrogen-bond acceptors (Lipinski definition) is 9. The van der Waals surface area contributed by atoms with Gasteiger partial charge in [0.15, 0.2) is 23.0 Å². The lowest BCUT2D eigenvalue weighted by Crippen LogP contribution is -2.15. The van der Waals surface area contributed by atoms with Crippen LogP contribution < -0.4 is 14.8 Å². The Morgan fingerprint density at radius 1 is 0.977 bits per heavy atom. The van der Waals surface area contributed by atoms with E-state index in [2.05, 4.69) is 35.3 Å². The van der Waals surface area contributed by atoms with Gasteiger partial charge in [-0.1, -0.05) is 47.5 Å². The molecule has 0 aliphatic carbocycles. The molecule has 0 radical (unpaired) electrons. The van der Waals surface area contributed by atoms with E-state index in [9.17, 15) is 12.8 Å². The molecule has 6 aromatic rings. The van der Waals surface area contributed by atoms with Crippen molar-refractivity contribution in [2.24, 2.45) is 0 Å². The molecule has 224 valence electrons. The van der Waals surface area contributed by atoms with Crippen molar-refractivity contribution in [1.82, 2.24) is 29.9 Å². The Morgan fingerprint density at radius 2 is 1.80 bits per heavy atom. The average Bonchev–Trinajstić information content (AvgIpc) is 3.45. The topological polar surface area (TPSA) is 137 Å². The van der Waals surface area contributed by atoms with Crippen LogP contribution in [0.25, 0.3) is 27.9 Å². The van der Waals surface area contributed by atoms with Crippen LogP contribution >= 0.6 is 23.2 Å². The van der Waals surface area contributed by atoms with Crippen molar-refractivity contribution in [3.05, 3.63) is 88.7 Å². The van der Waals surface area contributed by atoms with Gasteiger partial charge in [0, 0.05) is 0 Å². The van der Waals surface area contributed by atoms with E-state index in [1.807, 2.05) is 6.92 Å². The Hall–Kier alpha value is -4.66. The normalized spacial score (nSPS) is 11.7. The van der Waals surface area contributed by atoms with Gasteiger partial charge in [0.2, 0.25) is 0 Å². The van der Waals surface area contributed by atoms with Crippen LogP contribution in [0.5, 0.6) is 5.75 Å². The third kappa shape index (κ3) is 5.42. The largest absolute Gasteiger partial charge is 0.491 e. The van der Waals surface area contributed by atoms with Crippen LogP contribution in [-0.2, 0) is 10.0 Å². The highest BCUT2D eigenvalue weighted by atomic mass is 35.5. The predicted molar refractivity (Wildman–Crippen MR) is 162 cm³/mol. The van der Waals surface area contributed by atoms with Crippen molar-refractivity contribution >= 4 is 72.5 Å². The van der Waals surface area contributed by atoms with E-state index in [1.54, 1.807) is 30.3 Å². The van der Waals surface area contributed by atoms with Crippen LogP contribution in [0.3, 0.4) is 0 Å².